The Morgan fingerprint density at radius 3 is 2.88 bits per heavy atom. The van der Waals surface area contributed by atoms with Crippen molar-refractivity contribution in [2.75, 3.05) is 13.2 Å². The van der Waals surface area contributed by atoms with E-state index in [-0.39, 0.29) is 10.9 Å². The first-order chi connectivity index (χ1) is 8.09. The molecule has 0 fully saturated rings. The summed E-state index contributed by atoms with van der Waals surface area (Å²) in [7, 11) is 0. The molecule has 1 aromatic carbocycles. The van der Waals surface area contributed by atoms with E-state index in [0.29, 0.717) is 30.3 Å². The summed E-state index contributed by atoms with van der Waals surface area (Å²) in [6.45, 7) is 2.69. The van der Waals surface area contributed by atoms with Gasteiger partial charge in [-0.1, -0.05) is 0 Å². The second kappa shape index (κ2) is 5.23. The summed E-state index contributed by atoms with van der Waals surface area (Å²) in [5.74, 6) is 0.552. The van der Waals surface area contributed by atoms with Crippen LogP contribution in [0.4, 0.5) is 4.39 Å². The molecule has 1 aliphatic rings. The van der Waals surface area contributed by atoms with Gasteiger partial charge < -0.3 is 14.6 Å². The normalized spacial score (nSPS) is 16.5. The number of rotatable bonds is 2. The Morgan fingerprint density at radius 1 is 1.47 bits per heavy atom. The molecule has 0 aliphatic carbocycles. The van der Waals surface area contributed by atoms with Crippen molar-refractivity contribution < 1.29 is 19.0 Å². The standard InChI is InChI=1S/C12H14BrFO3/c1-7(15)5-8-6-9-12(10(13)11(8)14)17-4-2-3-16-9/h6-7,15H,2-5H2,1H3. The van der Waals surface area contributed by atoms with E-state index < -0.39 is 11.9 Å². The fourth-order valence-corrected chi connectivity index (χ4v) is 2.32. The number of hydrogen-bond acceptors (Lipinski definition) is 3. The first-order valence-electron chi connectivity index (χ1n) is 5.54. The molecule has 0 bridgehead atoms. The zero-order valence-electron chi connectivity index (χ0n) is 9.50. The molecule has 5 heteroatoms. The number of aliphatic hydroxyl groups is 1. The second-order valence-corrected chi connectivity index (χ2v) is 4.89. The minimum atomic E-state index is -0.596. The van der Waals surface area contributed by atoms with Crippen LogP contribution in [-0.2, 0) is 6.42 Å². The average Bonchev–Trinajstić information content (AvgIpc) is 2.50. The fraction of sp³-hybridized carbons (Fsp3) is 0.500. The van der Waals surface area contributed by atoms with Gasteiger partial charge in [0.2, 0.25) is 0 Å². The zero-order valence-corrected chi connectivity index (χ0v) is 11.1. The highest BCUT2D eigenvalue weighted by molar-refractivity contribution is 9.10. The largest absolute Gasteiger partial charge is 0.490 e. The summed E-state index contributed by atoms with van der Waals surface area (Å²) in [5, 5.41) is 9.33. The molecule has 0 saturated heterocycles. The highest BCUT2D eigenvalue weighted by Crippen LogP contribution is 2.40. The molecule has 0 spiro atoms. The molecule has 3 nitrogen and oxygen atoms in total. The Balaban J connectivity index is 2.43. The number of aliphatic hydroxyl groups excluding tert-OH is 1. The summed E-state index contributed by atoms with van der Waals surface area (Å²) in [6.07, 6.45) is 0.427. The van der Waals surface area contributed by atoms with Crippen LogP contribution in [-0.4, -0.2) is 24.4 Å². The van der Waals surface area contributed by atoms with Crippen LogP contribution in [0.2, 0.25) is 0 Å². The molecule has 1 heterocycles. The molecule has 2 rings (SSSR count). The van der Waals surface area contributed by atoms with Gasteiger partial charge in [-0.3, -0.25) is 0 Å². The molecule has 1 aromatic rings. The molecular weight excluding hydrogens is 291 g/mol. The van der Waals surface area contributed by atoms with Gasteiger partial charge in [0.1, 0.15) is 5.82 Å². The van der Waals surface area contributed by atoms with Crippen molar-refractivity contribution in [3.63, 3.8) is 0 Å². The molecule has 1 N–H and O–H groups in total. The zero-order chi connectivity index (χ0) is 12.4. The van der Waals surface area contributed by atoms with Gasteiger partial charge in [0.25, 0.3) is 0 Å². The van der Waals surface area contributed by atoms with Crippen molar-refractivity contribution in [3.05, 3.63) is 21.9 Å². The molecule has 0 amide bonds. The SMILES string of the molecule is CC(O)Cc1cc2c(c(Br)c1F)OCCCO2. The van der Waals surface area contributed by atoms with Crippen molar-refractivity contribution in [1.29, 1.82) is 0 Å². The van der Waals surface area contributed by atoms with Crippen molar-refractivity contribution >= 4 is 15.9 Å². The smallest absolute Gasteiger partial charge is 0.178 e. The predicted molar refractivity (Wildman–Crippen MR) is 65.1 cm³/mol. The molecular formula is C12H14BrFO3. The number of halogens is 2. The van der Waals surface area contributed by atoms with E-state index in [0.717, 1.165) is 6.42 Å². The van der Waals surface area contributed by atoms with Crippen LogP contribution in [0.25, 0.3) is 0 Å². The van der Waals surface area contributed by atoms with E-state index in [1.807, 2.05) is 0 Å². The lowest BCUT2D eigenvalue weighted by Gasteiger charge is -2.14. The minimum absolute atomic E-state index is 0.251. The van der Waals surface area contributed by atoms with Crippen LogP contribution in [0.1, 0.15) is 18.9 Å². The van der Waals surface area contributed by atoms with Crippen LogP contribution in [0.3, 0.4) is 0 Å². The second-order valence-electron chi connectivity index (χ2n) is 4.09. The Morgan fingerprint density at radius 2 is 2.18 bits per heavy atom. The van der Waals surface area contributed by atoms with Crippen molar-refractivity contribution in [2.45, 2.75) is 25.9 Å². The fourth-order valence-electron chi connectivity index (χ4n) is 1.76. The van der Waals surface area contributed by atoms with E-state index in [2.05, 4.69) is 15.9 Å². The summed E-state index contributed by atoms with van der Waals surface area (Å²) in [5.41, 5.74) is 0.427. The summed E-state index contributed by atoms with van der Waals surface area (Å²) < 4.78 is 25.2. The van der Waals surface area contributed by atoms with Crippen molar-refractivity contribution in [3.8, 4) is 11.5 Å². The quantitative estimate of drug-likeness (QED) is 0.913. The lowest BCUT2D eigenvalue weighted by molar-refractivity contribution is 0.194. The van der Waals surface area contributed by atoms with Gasteiger partial charge in [-0.25, -0.2) is 4.39 Å². The lowest BCUT2D eigenvalue weighted by atomic mass is 10.1. The number of hydrogen-bond donors (Lipinski definition) is 1. The lowest BCUT2D eigenvalue weighted by Crippen LogP contribution is -2.07. The van der Waals surface area contributed by atoms with Crippen LogP contribution in [0, 0.1) is 5.82 Å². The molecule has 0 saturated carbocycles. The minimum Gasteiger partial charge on any atom is -0.490 e. The van der Waals surface area contributed by atoms with Crippen LogP contribution >= 0.6 is 15.9 Å². The van der Waals surface area contributed by atoms with Gasteiger partial charge in [0.15, 0.2) is 11.5 Å². The highest BCUT2D eigenvalue weighted by Gasteiger charge is 2.21. The predicted octanol–water partition coefficient (Wildman–Crippen LogP) is 2.67. The Labute approximate surface area is 108 Å². The van der Waals surface area contributed by atoms with E-state index in [1.165, 1.54) is 0 Å². The topological polar surface area (TPSA) is 38.7 Å². The molecule has 94 valence electrons. The third-order valence-electron chi connectivity index (χ3n) is 2.51. The maximum atomic E-state index is 14.0. The highest BCUT2D eigenvalue weighted by atomic mass is 79.9. The molecule has 0 radical (unpaired) electrons. The molecule has 1 atom stereocenters. The number of benzene rings is 1. The van der Waals surface area contributed by atoms with E-state index in [9.17, 15) is 9.50 Å². The first-order valence-corrected chi connectivity index (χ1v) is 6.33. The van der Waals surface area contributed by atoms with Crippen molar-refractivity contribution in [1.82, 2.24) is 0 Å². The Hall–Kier alpha value is -0.810. The van der Waals surface area contributed by atoms with Gasteiger partial charge in [0, 0.05) is 12.8 Å². The average molecular weight is 305 g/mol. The molecule has 1 aliphatic heterocycles. The first kappa shape index (κ1) is 12.6. The summed E-state index contributed by atoms with van der Waals surface area (Å²) in [4.78, 5) is 0. The van der Waals surface area contributed by atoms with Gasteiger partial charge in [0.05, 0.1) is 23.8 Å². The maximum Gasteiger partial charge on any atom is 0.178 e. The molecule has 17 heavy (non-hydrogen) atoms. The summed E-state index contributed by atoms with van der Waals surface area (Å²) in [6, 6.07) is 1.60. The van der Waals surface area contributed by atoms with E-state index >= 15 is 0 Å². The Bertz CT molecular complexity index is 421. The maximum absolute atomic E-state index is 14.0. The van der Waals surface area contributed by atoms with Crippen molar-refractivity contribution in [2.24, 2.45) is 0 Å². The van der Waals surface area contributed by atoms with E-state index in [4.69, 9.17) is 9.47 Å². The molecule has 0 aromatic heterocycles. The third-order valence-corrected chi connectivity index (χ3v) is 3.22. The third kappa shape index (κ3) is 2.72. The van der Waals surface area contributed by atoms with Crippen LogP contribution < -0.4 is 9.47 Å². The number of ether oxygens (including phenoxy) is 2. The van der Waals surface area contributed by atoms with Gasteiger partial charge in [-0.15, -0.1) is 0 Å². The van der Waals surface area contributed by atoms with Gasteiger partial charge in [-0.2, -0.15) is 0 Å². The summed E-state index contributed by atoms with van der Waals surface area (Å²) >= 11 is 3.18. The van der Waals surface area contributed by atoms with Gasteiger partial charge in [-0.05, 0) is 34.5 Å². The van der Waals surface area contributed by atoms with Crippen LogP contribution in [0.15, 0.2) is 10.5 Å². The van der Waals surface area contributed by atoms with Crippen LogP contribution in [0.5, 0.6) is 11.5 Å². The molecule has 1 unspecified atom stereocenters. The number of fused-ring (bicyclic) bond motifs is 1. The van der Waals surface area contributed by atoms with Gasteiger partial charge >= 0.3 is 0 Å². The Kier molecular flexibility index (Phi) is 3.89. The van der Waals surface area contributed by atoms with E-state index in [1.54, 1.807) is 13.0 Å². The monoisotopic (exact) mass is 304 g/mol.